The molecule has 20 heavy (non-hydrogen) atoms. The molecule has 2 heterocycles. The molecule has 0 N–H and O–H groups in total. The third-order valence-corrected chi connectivity index (χ3v) is 3.21. The van der Waals surface area contributed by atoms with E-state index in [0.717, 1.165) is 11.3 Å². The van der Waals surface area contributed by atoms with Gasteiger partial charge in [-0.05, 0) is 32.4 Å². The van der Waals surface area contributed by atoms with Crippen LogP contribution in [0.3, 0.4) is 0 Å². The monoisotopic (exact) mass is 272 g/mol. The van der Waals surface area contributed by atoms with Crippen molar-refractivity contribution in [2.24, 2.45) is 0 Å². The van der Waals surface area contributed by atoms with Gasteiger partial charge in [-0.2, -0.15) is 14.6 Å². The zero-order valence-electron chi connectivity index (χ0n) is 11.4. The Labute approximate surface area is 115 Å². The van der Waals surface area contributed by atoms with E-state index in [1.807, 2.05) is 13.8 Å². The quantitative estimate of drug-likeness (QED) is 0.719. The van der Waals surface area contributed by atoms with E-state index >= 15 is 0 Å². The summed E-state index contributed by atoms with van der Waals surface area (Å²) in [6, 6.07) is 4.75. The molecule has 0 amide bonds. The summed E-state index contributed by atoms with van der Waals surface area (Å²) >= 11 is 0. The molecule has 0 saturated heterocycles. The highest BCUT2D eigenvalue weighted by molar-refractivity contribution is 5.42. The maximum absolute atomic E-state index is 13.6. The fraction of sp³-hybridized carbons (Fsp3) is 0.214. The summed E-state index contributed by atoms with van der Waals surface area (Å²) in [4.78, 5) is 8.35. The average Bonchev–Trinajstić information content (AvgIpc) is 2.87. The molecule has 5 nitrogen and oxygen atoms in total. The molecular formula is C14H13FN4O. The first-order valence-corrected chi connectivity index (χ1v) is 6.17. The van der Waals surface area contributed by atoms with Gasteiger partial charge in [-0.1, -0.05) is 6.07 Å². The topological polar surface area (TPSA) is 52.3 Å². The molecule has 0 unspecified atom stereocenters. The van der Waals surface area contributed by atoms with Crippen molar-refractivity contribution >= 4 is 5.78 Å². The van der Waals surface area contributed by atoms with Crippen molar-refractivity contribution in [2.45, 2.75) is 20.8 Å². The average molecular weight is 272 g/mol. The van der Waals surface area contributed by atoms with E-state index in [4.69, 9.17) is 4.74 Å². The number of nitrogens with zero attached hydrogens (tertiary/aromatic N) is 4. The van der Waals surface area contributed by atoms with Crippen LogP contribution in [0.2, 0.25) is 0 Å². The lowest BCUT2D eigenvalue weighted by molar-refractivity contribution is 0.436. The molecule has 0 aliphatic heterocycles. The lowest BCUT2D eigenvalue weighted by atomic mass is 10.2. The number of aryl methyl sites for hydroxylation is 2. The zero-order chi connectivity index (χ0) is 14.3. The first kappa shape index (κ1) is 12.5. The highest BCUT2D eigenvalue weighted by Gasteiger charge is 2.13. The molecule has 2 aromatic heterocycles. The molecular weight excluding hydrogens is 259 g/mol. The Balaban J connectivity index is 2.11. The first-order chi connectivity index (χ1) is 9.56. The second kappa shape index (κ2) is 4.56. The number of halogens is 1. The summed E-state index contributed by atoms with van der Waals surface area (Å²) < 4.78 is 20.9. The standard InChI is InChI=1S/C14H13FN4O/c1-8-4-5-11(6-12(8)15)20-13-9(2)10(3)18-14-16-7-17-19(13)14/h4-7H,1-3H3. The van der Waals surface area contributed by atoms with Crippen LogP contribution in [0.5, 0.6) is 11.6 Å². The second-order valence-corrected chi connectivity index (χ2v) is 4.61. The van der Waals surface area contributed by atoms with E-state index in [-0.39, 0.29) is 5.82 Å². The number of rotatable bonds is 2. The van der Waals surface area contributed by atoms with Crippen molar-refractivity contribution in [3.63, 3.8) is 0 Å². The van der Waals surface area contributed by atoms with Crippen LogP contribution in [0, 0.1) is 26.6 Å². The summed E-state index contributed by atoms with van der Waals surface area (Å²) in [6.07, 6.45) is 1.41. The van der Waals surface area contributed by atoms with Crippen molar-refractivity contribution in [3.8, 4) is 11.6 Å². The smallest absolute Gasteiger partial charge is 0.255 e. The molecule has 0 spiro atoms. The Morgan fingerprint density at radius 3 is 2.75 bits per heavy atom. The number of hydrogen-bond acceptors (Lipinski definition) is 4. The van der Waals surface area contributed by atoms with Gasteiger partial charge in [0.25, 0.3) is 5.78 Å². The number of benzene rings is 1. The summed E-state index contributed by atoms with van der Waals surface area (Å²) in [5, 5.41) is 4.08. The maximum Gasteiger partial charge on any atom is 0.255 e. The van der Waals surface area contributed by atoms with Gasteiger partial charge < -0.3 is 4.74 Å². The molecule has 6 heteroatoms. The van der Waals surface area contributed by atoms with Crippen LogP contribution in [-0.4, -0.2) is 19.6 Å². The Bertz CT molecular complexity index is 797. The lowest BCUT2D eigenvalue weighted by Crippen LogP contribution is -2.03. The van der Waals surface area contributed by atoms with Gasteiger partial charge >= 0.3 is 0 Å². The molecule has 0 radical (unpaired) electrons. The second-order valence-electron chi connectivity index (χ2n) is 4.61. The van der Waals surface area contributed by atoms with Crippen LogP contribution in [-0.2, 0) is 0 Å². The third kappa shape index (κ3) is 1.99. The van der Waals surface area contributed by atoms with Gasteiger partial charge in [0, 0.05) is 17.3 Å². The molecule has 3 rings (SSSR count). The fourth-order valence-electron chi connectivity index (χ4n) is 1.87. The molecule has 1 aromatic carbocycles. The van der Waals surface area contributed by atoms with Gasteiger partial charge in [-0.25, -0.2) is 9.37 Å². The van der Waals surface area contributed by atoms with E-state index in [0.29, 0.717) is 23.0 Å². The predicted octanol–water partition coefficient (Wildman–Crippen LogP) is 2.98. The van der Waals surface area contributed by atoms with E-state index < -0.39 is 0 Å². The van der Waals surface area contributed by atoms with E-state index in [9.17, 15) is 4.39 Å². The zero-order valence-corrected chi connectivity index (χ0v) is 11.4. The Hall–Kier alpha value is -2.50. The van der Waals surface area contributed by atoms with Gasteiger partial charge in [0.2, 0.25) is 5.88 Å². The molecule has 0 aliphatic carbocycles. The third-order valence-electron chi connectivity index (χ3n) is 3.21. The van der Waals surface area contributed by atoms with Crippen LogP contribution in [0.1, 0.15) is 16.8 Å². The summed E-state index contributed by atoms with van der Waals surface area (Å²) in [5.74, 6) is 1.06. The van der Waals surface area contributed by atoms with Gasteiger partial charge in [0.05, 0.1) is 0 Å². The summed E-state index contributed by atoms with van der Waals surface area (Å²) in [6.45, 7) is 5.45. The van der Waals surface area contributed by atoms with Gasteiger partial charge in [-0.15, -0.1) is 0 Å². The van der Waals surface area contributed by atoms with Crippen molar-refractivity contribution in [2.75, 3.05) is 0 Å². The van der Waals surface area contributed by atoms with Crippen LogP contribution >= 0.6 is 0 Å². The lowest BCUT2D eigenvalue weighted by Gasteiger charge is -2.11. The van der Waals surface area contributed by atoms with Crippen LogP contribution < -0.4 is 4.74 Å². The number of fused-ring (bicyclic) bond motifs is 1. The maximum atomic E-state index is 13.6. The molecule has 0 saturated carbocycles. The summed E-state index contributed by atoms with van der Waals surface area (Å²) in [5.41, 5.74) is 2.21. The number of hydrogen-bond donors (Lipinski definition) is 0. The Kier molecular flexibility index (Phi) is 2.85. The first-order valence-electron chi connectivity index (χ1n) is 6.17. The van der Waals surface area contributed by atoms with Crippen LogP contribution in [0.4, 0.5) is 4.39 Å². The van der Waals surface area contributed by atoms with E-state index in [2.05, 4.69) is 15.1 Å². The minimum atomic E-state index is -0.305. The normalized spacial score (nSPS) is 11.0. The van der Waals surface area contributed by atoms with E-state index in [1.165, 1.54) is 16.9 Å². The molecule has 0 fully saturated rings. The van der Waals surface area contributed by atoms with Crippen molar-refractivity contribution in [3.05, 3.63) is 47.2 Å². The number of aromatic nitrogens is 4. The number of ether oxygens (including phenoxy) is 1. The molecule has 0 bridgehead atoms. The molecule has 0 atom stereocenters. The largest absolute Gasteiger partial charge is 0.438 e. The van der Waals surface area contributed by atoms with Gasteiger partial charge in [0.1, 0.15) is 17.9 Å². The highest BCUT2D eigenvalue weighted by Crippen LogP contribution is 2.27. The molecule has 102 valence electrons. The molecule has 3 aromatic rings. The van der Waals surface area contributed by atoms with Crippen LogP contribution in [0.25, 0.3) is 5.78 Å². The Morgan fingerprint density at radius 1 is 1.20 bits per heavy atom. The Morgan fingerprint density at radius 2 is 2.00 bits per heavy atom. The minimum absolute atomic E-state index is 0.305. The van der Waals surface area contributed by atoms with Crippen molar-refractivity contribution in [1.29, 1.82) is 0 Å². The van der Waals surface area contributed by atoms with E-state index in [1.54, 1.807) is 19.1 Å². The highest BCUT2D eigenvalue weighted by atomic mass is 19.1. The fourth-order valence-corrected chi connectivity index (χ4v) is 1.87. The van der Waals surface area contributed by atoms with Gasteiger partial charge in [-0.3, -0.25) is 0 Å². The molecule has 0 aliphatic rings. The minimum Gasteiger partial charge on any atom is -0.438 e. The van der Waals surface area contributed by atoms with Crippen molar-refractivity contribution < 1.29 is 9.13 Å². The van der Waals surface area contributed by atoms with Gasteiger partial charge in [0.15, 0.2) is 0 Å². The van der Waals surface area contributed by atoms with Crippen LogP contribution in [0.15, 0.2) is 24.5 Å². The predicted molar refractivity (Wildman–Crippen MR) is 71.5 cm³/mol. The van der Waals surface area contributed by atoms with Crippen molar-refractivity contribution in [1.82, 2.24) is 19.6 Å². The SMILES string of the molecule is Cc1ccc(Oc2c(C)c(C)nc3ncnn23)cc1F. The summed E-state index contributed by atoms with van der Waals surface area (Å²) in [7, 11) is 0.